The van der Waals surface area contributed by atoms with E-state index >= 15 is 0 Å². The maximum atomic E-state index is 13.1. The van der Waals surface area contributed by atoms with Crippen LogP contribution < -0.4 is 10.1 Å². The summed E-state index contributed by atoms with van der Waals surface area (Å²) in [6.45, 7) is 4.59. The first-order chi connectivity index (χ1) is 16.1. The minimum absolute atomic E-state index is 0.0899. The number of nitrogens with zero attached hydrogens (tertiary/aromatic N) is 3. The first kappa shape index (κ1) is 22.6. The van der Waals surface area contributed by atoms with E-state index in [-0.39, 0.29) is 11.2 Å². The normalized spacial score (nSPS) is 11.7. The highest BCUT2D eigenvalue weighted by Crippen LogP contribution is 2.33. The van der Waals surface area contributed by atoms with Crippen molar-refractivity contribution in [2.75, 3.05) is 12.4 Å². The van der Waals surface area contributed by atoms with Gasteiger partial charge in [0.2, 0.25) is 5.91 Å². The van der Waals surface area contributed by atoms with Crippen LogP contribution in [-0.2, 0) is 11.3 Å². The number of amides is 1. The highest BCUT2D eigenvalue weighted by Gasteiger charge is 2.22. The Labute approximate surface area is 198 Å². The molecule has 0 saturated heterocycles. The first-order valence-corrected chi connectivity index (χ1v) is 11.7. The van der Waals surface area contributed by atoms with E-state index in [4.69, 9.17) is 4.74 Å². The van der Waals surface area contributed by atoms with Crippen LogP contribution in [0, 0.1) is 0 Å². The molecule has 0 radical (unpaired) electrons. The molecule has 0 aliphatic carbocycles. The molecule has 4 rings (SSSR count). The van der Waals surface area contributed by atoms with Gasteiger partial charge in [-0.25, -0.2) is 0 Å². The number of carbonyl (C=O) groups excluding carboxylic acids is 1. The van der Waals surface area contributed by atoms with Gasteiger partial charge in [0.05, 0.1) is 17.9 Å². The van der Waals surface area contributed by atoms with Crippen molar-refractivity contribution < 1.29 is 9.53 Å². The maximum absolute atomic E-state index is 13.1. The summed E-state index contributed by atoms with van der Waals surface area (Å²) in [5.41, 5.74) is 3.70. The standard InChI is InChI=1S/C26H26N4O2S/c1-4-30-24(21-15-9-11-17-23(21)32-3)28-29-26(30)33-18(2)25(31)27-22-16-10-8-14-20(22)19-12-6-5-7-13-19/h5-18H,4H2,1-3H3,(H,27,31)/t18-/m1/s1. The lowest BCUT2D eigenvalue weighted by Gasteiger charge is -2.15. The van der Waals surface area contributed by atoms with E-state index < -0.39 is 0 Å². The Balaban J connectivity index is 1.54. The van der Waals surface area contributed by atoms with Gasteiger partial charge < -0.3 is 14.6 Å². The zero-order chi connectivity index (χ0) is 23.2. The molecule has 0 aliphatic rings. The molecule has 0 unspecified atom stereocenters. The smallest absolute Gasteiger partial charge is 0.237 e. The number of ether oxygens (including phenoxy) is 1. The fraction of sp³-hybridized carbons (Fsp3) is 0.192. The van der Waals surface area contributed by atoms with Gasteiger partial charge in [0.25, 0.3) is 0 Å². The Hall–Kier alpha value is -3.58. The zero-order valence-corrected chi connectivity index (χ0v) is 19.7. The fourth-order valence-corrected chi connectivity index (χ4v) is 4.51. The molecule has 7 heteroatoms. The highest BCUT2D eigenvalue weighted by atomic mass is 32.2. The van der Waals surface area contributed by atoms with Crippen molar-refractivity contribution in [2.45, 2.75) is 30.8 Å². The van der Waals surface area contributed by atoms with E-state index in [1.54, 1.807) is 7.11 Å². The molecule has 1 N–H and O–H groups in total. The fourth-order valence-electron chi connectivity index (χ4n) is 3.60. The molecule has 0 saturated carbocycles. The number of hydrogen-bond acceptors (Lipinski definition) is 5. The summed E-state index contributed by atoms with van der Waals surface area (Å²) >= 11 is 1.39. The van der Waals surface area contributed by atoms with Gasteiger partial charge in [-0.15, -0.1) is 10.2 Å². The van der Waals surface area contributed by atoms with Crippen molar-refractivity contribution in [1.29, 1.82) is 0 Å². The molecule has 0 fully saturated rings. The lowest BCUT2D eigenvalue weighted by atomic mass is 10.0. The Bertz CT molecular complexity index is 1240. The molecular weight excluding hydrogens is 432 g/mol. The Morgan fingerprint density at radius 3 is 2.36 bits per heavy atom. The van der Waals surface area contributed by atoms with Crippen LogP contribution in [0.1, 0.15) is 13.8 Å². The molecule has 0 aliphatic heterocycles. The van der Waals surface area contributed by atoms with Crippen LogP contribution in [0.2, 0.25) is 0 Å². The molecule has 3 aromatic carbocycles. The number of anilines is 1. The predicted molar refractivity (Wildman–Crippen MR) is 134 cm³/mol. The number of nitrogens with one attached hydrogen (secondary N) is 1. The van der Waals surface area contributed by atoms with Gasteiger partial charge in [-0.2, -0.15) is 0 Å². The second-order valence-corrected chi connectivity index (χ2v) is 8.72. The Morgan fingerprint density at radius 1 is 0.970 bits per heavy atom. The van der Waals surface area contributed by atoms with Crippen molar-refractivity contribution >= 4 is 23.4 Å². The van der Waals surface area contributed by atoms with Gasteiger partial charge in [0, 0.05) is 17.8 Å². The molecule has 33 heavy (non-hydrogen) atoms. The summed E-state index contributed by atoms with van der Waals surface area (Å²) in [6, 6.07) is 25.6. The number of thioether (sulfide) groups is 1. The third kappa shape index (κ3) is 4.93. The van der Waals surface area contributed by atoms with Crippen molar-refractivity contribution in [1.82, 2.24) is 14.8 Å². The molecular formula is C26H26N4O2S. The average Bonchev–Trinajstić information content (AvgIpc) is 3.27. The number of hydrogen-bond donors (Lipinski definition) is 1. The van der Waals surface area contributed by atoms with Crippen LogP contribution in [0.4, 0.5) is 5.69 Å². The zero-order valence-electron chi connectivity index (χ0n) is 18.9. The van der Waals surface area contributed by atoms with Crippen molar-refractivity contribution in [3.05, 3.63) is 78.9 Å². The summed E-state index contributed by atoms with van der Waals surface area (Å²) < 4.78 is 7.49. The minimum Gasteiger partial charge on any atom is -0.496 e. The third-order valence-corrected chi connectivity index (χ3v) is 6.38. The third-order valence-electron chi connectivity index (χ3n) is 5.30. The van der Waals surface area contributed by atoms with Gasteiger partial charge in [-0.05, 0) is 37.6 Å². The second-order valence-electron chi connectivity index (χ2n) is 7.41. The maximum Gasteiger partial charge on any atom is 0.237 e. The molecule has 168 valence electrons. The van der Waals surface area contributed by atoms with Crippen molar-refractivity contribution in [3.8, 4) is 28.3 Å². The number of rotatable bonds is 8. The topological polar surface area (TPSA) is 69.0 Å². The van der Waals surface area contributed by atoms with Gasteiger partial charge in [-0.3, -0.25) is 4.79 Å². The number of aromatic nitrogens is 3. The van der Waals surface area contributed by atoms with E-state index in [0.717, 1.165) is 34.0 Å². The van der Waals surface area contributed by atoms with Gasteiger partial charge in [0.15, 0.2) is 11.0 Å². The summed E-state index contributed by atoms with van der Waals surface area (Å²) in [5, 5.41) is 12.2. The van der Waals surface area contributed by atoms with E-state index in [0.29, 0.717) is 11.7 Å². The number of benzene rings is 3. The van der Waals surface area contributed by atoms with E-state index in [1.807, 2.05) is 97.3 Å². The molecule has 1 atom stereocenters. The predicted octanol–water partition coefficient (Wildman–Crippen LogP) is 5.76. The van der Waals surface area contributed by atoms with Gasteiger partial charge in [-0.1, -0.05) is 72.4 Å². The van der Waals surface area contributed by atoms with Crippen LogP contribution in [0.3, 0.4) is 0 Å². The summed E-state index contributed by atoms with van der Waals surface area (Å²) in [4.78, 5) is 13.1. The number of para-hydroxylation sites is 2. The average molecular weight is 459 g/mol. The largest absolute Gasteiger partial charge is 0.496 e. The van der Waals surface area contributed by atoms with Crippen molar-refractivity contribution in [3.63, 3.8) is 0 Å². The molecule has 1 amide bonds. The Kier molecular flexibility index (Phi) is 7.10. The number of carbonyl (C=O) groups is 1. The highest BCUT2D eigenvalue weighted by molar-refractivity contribution is 8.00. The molecule has 0 spiro atoms. The van der Waals surface area contributed by atoms with Crippen molar-refractivity contribution in [2.24, 2.45) is 0 Å². The van der Waals surface area contributed by atoms with E-state index in [9.17, 15) is 4.79 Å². The van der Waals surface area contributed by atoms with Gasteiger partial charge >= 0.3 is 0 Å². The SMILES string of the molecule is CCn1c(S[C@H](C)C(=O)Nc2ccccc2-c2ccccc2)nnc1-c1ccccc1OC. The van der Waals surface area contributed by atoms with E-state index in [1.165, 1.54) is 11.8 Å². The van der Waals surface area contributed by atoms with Crippen LogP contribution in [-0.4, -0.2) is 33.0 Å². The molecule has 4 aromatic rings. The van der Waals surface area contributed by atoms with Crippen LogP contribution >= 0.6 is 11.8 Å². The second kappa shape index (κ2) is 10.4. The molecule has 1 heterocycles. The van der Waals surface area contributed by atoms with Crippen LogP contribution in [0.25, 0.3) is 22.5 Å². The molecule has 1 aromatic heterocycles. The quantitative estimate of drug-likeness (QED) is 0.340. The monoisotopic (exact) mass is 458 g/mol. The lowest BCUT2D eigenvalue weighted by molar-refractivity contribution is -0.115. The number of methoxy groups -OCH3 is 1. The molecule has 6 nitrogen and oxygen atoms in total. The van der Waals surface area contributed by atoms with Crippen LogP contribution in [0.5, 0.6) is 5.75 Å². The summed E-state index contributed by atoms with van der Waals surface area (Å²) in [6.07, 6.45) is 0. The molecule has 0 bridgehead atoms. The minimum atomic E-state index is -0.367. The lowest BCUT2D eigenvalue weighted by Crippen LogP contribution is -2.23. The Morgan fingerprint density at radius 2 is 1.64 bits per heavy atom. The summed E-state index contributed by atoms with van der Waals surface area (Å²) in [7, 11) is 1.64. The summed E-state index contributed by atoms with van der Waals surface area (Å²) in [5.74, 6) is 1.37. The van der Waals surface area contributed by atoms with Gasteiger partial charge in [0.1, 0.15) is 5.75 Å². The van der Waals surface area contributed by atoms with Crippen LogP contribution in [0.15, 0.2) is 84.0 Å². The van der Waals surface area contributed by atoms with E-state index in [2.05, 4.69) is 15.5 Å². The first-order valence-electron chi connectivity index (χ1n) is 10.8.